The molecule has 1 unspecified atom stereocenters. The molecule has 0 radical (unpaired) electrons. The molecule has 11 heteroatoms. The molecule has 3 heterocycles. The molecule has 0 spiro atoms. The Kier molecular flexibility index (Phi) is 8.72. The Bertz CT molecular complexity index is 1620. The lowest BCUT2D eigenvalue weighted by atomic mass is 9.92. The maximum absolute atomic E-state index is 14.9. The van der Waals surface area contributed by atoms with E-state index >= 15 is 0 Å². The van der Waals surface area contributed by atoms with Crippen LogP contribution in [0, 0.1) is 12.7 Å². The lowest BCUT2D eigenvalue weighted by molar-refractivity contribution is 0.0857. The average Bonchev–Trinajstić information content (AvgIpc) is 3.64. The molecule has 43 heavy (non-hydrogen) atoms. The Hall–Kier alpha value is -4.77. The molecule has 2 aromatic carbocycles. The van der Waals surface area contributed by atoms with Crippen LogP contribution < -0.4 is 20.7 Å². The second-order valence-corrected chi connectivity index (χ2v) is 11.4. The highest BCUT2D eigenvalue weighted by molar-refractivity contribution is 5.99. The minimum Gasteiger partial charge on any atom is -0.457 e. The maximum atomic E-state index is 14.9. The molecule has 224 valence electrons. The molecule has 1 aliphatic heterocycles. The largest absolute Gasteiger partial charge is 0.457 e. The molecule has 1 aliphatic rings. The van der Waals surface area contributed by atoms with Crippen LogP contribution in [0.3, 0.4) is 0 Å². The third kappa shape index (κ3) is 7.55. The number of ether oxygens (including phenoxy) is 2. The van der Waals surface area contributed by atoms with Gasteiger partial charge < -0.3 is 20.1 Å². The molecule has 0 saturated carbocycles. The number of carbonyl (C=O) groups excluding carboxylic acids is 2. The van der Waals surface area contributed by atoms with Gasteiger partial charge in [0.05, 0.1) is 23.2 Å². The lowest BCUT2D eigenvalue weighted by Gasteiger charge is -2.14. The van der Waals surface area contributed by atoms with E-state index in [-0.39, 0.29) is 28.9 Å². The van der Waals surface area contributed by atoms with Crippen LogP contribution >= 0.6 is 0 Å². The van der Waals surface area contributed by atoms with Gasteiger partial charge in [-0.2, -0.15) is 5.10 Å². The Morgan fingerprint density at radius 2 is 1.88 bits per heavy atom. The number of rotatable bonds is 8. The summed E-state index contributed by atoms with van der Waals surface area (Å²) in [6.07, 6.45) is 3.55. The SMILES string of the molecule is Cc1cc(Oc2ccc(NC(=O)Nc3cc(C(C)(C)C)nn3-c3cccc(C(=O)NCC4CCCO4)c3)c(F)c2)ccn1. The Balaban J connectivity index is 1.31. The first-order chi connectivity index (χ1) is 20.5. The van der Waals surface area contributed by atoms with E-state index in [1.54, 1.807) is 59.4 Å². The van der Waals surface area contributed by atoms with E-state index in [0.29, 0.717) is 36.0 Å². The fraction of sp³-hybridized carbons (Fsp3) is 0.312. The third-order valence-electron chi connectivity index (χ3n) is 6.88. The van der Waals surface area contributed by atoms with Crippen molar-refractivity contribution in [3.05, 3.63) is 89.6 Å². The van der Waals surface area contributed by atoms with Crippen LogP contribution in [0.4, 0.5) is 20.7 Å². The third-order valence-corrected chi connectivity index (χ3v) is 6.88. The van der Waals surface area contributed by atoms with Gasteiger partial charge in [0, 0.05) is 54.2 Å². The van der Waals surface area contributed by atoms with E-state index < -0.39 is 11.8 Å². The number of aryl methyl sites for hydroxylation is 1. The predicted molar refractivity (Wildman–Crippen MR) is 162 cm³/mol. The Labute approximate surface area is 249 Å². The van der Waals surface area contributed by atoms with Gasteiger partial charge in [-0.15, -0.1) is 0 Å². The number of hydrogen-bond acceptors (Lipinski definition) is 6. The van der Waals surface area contributed by atoms with Crippen molar-refractivity contribution in [1.82, 2.24) is 20.1 Å². The minimum absolute atomic E-state index is 0.0252. The quantitative estimate of drug-likeness (QED) is 0.221. The summed E-state index contributed by atoms with van der Waals surface area (Å²) in [5, 5.41) is 13.0. The highest BCUT2D eigenvalue weighted by atomic mass is 19.1. The number of anilines is 2. The molecule has 10 nitrogen and oxygen atoms in total. The number of pyridine rings is 1. The van der Waals surface area contributed by atoms with Crippen molar-refractivity contribution in [2.75, 3.05) is 23.8 Å². The first kappa shape index (κ1) is 29.7. The highest BCUT2D eigenvalue weighted by Gasteiger charge is 2.23. The topological polar surface area (TPSA) is 119 Å². The van der Waals surface area contributed by atoms with Crippen LogP contribution in [-0.4, -0.2) is 46.0 Å². The van der Waals surface area contributed by atoms with Crippen molar-refractivity contribution < 1.29 is 23.5 Å². The van der Waals surface area contributed by atoms with Crippen LogP contribution in [-0.2, 0) is 10.2 Å². The van der Waals surface area contributed by atoms with Gasteiger partial charge in [0.15, 0.2) is 0 Å². The van der Waals surface area contributed by atoms with Gasteiger partial charge in [-0.25, -0.2) is 13.9 Å². The molecule has 1 atom stereocenters. The first-order valence-electron chi connectivity index (χ1n) is 14.1. The summed E-state index contributed by atoms with van der Waals surface area (Å²) in [6, 6.07) is 15.7. The molecular formula is C32H35FN6O4. The van der Waals surface area contributed by atoms with Gasteiger partial charge in [-0.05, 0) is 56.2 Å². The molecule has 3 amide bonds. The summed E-state index contributed by atoms with van der Waals surface area (Å²) in [4.78, 5) is 30.0. The summed E-state index contributed by atoms with van der Waals surface area (Å²) >= 11 is 0. The number of hydrogen-bond donors (Lipinski definition) is 3. The van der Waals surface area contributed by atoms with E-state index in [9.17, 15) is 14.0 Å². The molecule has 0 bridgehead atoms. The van der Waals surface area contributed by atoms with Crippen LogP contribution in [0.15, 0.2) is 66.9 Å². The number of amides is 3. The van der Waals surface area contributed by atoms with E-state index in [1.165, 1.54) is 12.1 Å². The molecule has 1 saturated heterocycles. The number of benzene rings is 2. The summed E-state index contributed by atoms with van der Waals surface area (Å²) in [5.74, 6) is 0.269. The highest BCUT2D eigenvalue weighted by Crippen LogP contribution is 2.28. The van der Waals surface area contributed by atoms with Crippen LogP contribution in [0.25, 0.3) is 5.69 Å². The first-order valence-corrected chi connectivity index (χ1v) is 14.1. The predicted octanol–water partition coefficient (Wildman–Crippen LogP) is 6.36. The minimum atomic E-state index is -0.663. The lowest BCUT2D eigenvalue weighted by Crippen LogP contribution is -2.31. The monoisotopic (exact) mass is 586 g/mol. The second-order valence-electron chi connectivity index (χ2n) is 11.4. The van der Waals surface area contributed by atoms with Crippen molar-refractivity contribution in [3.8, 4) is 17.2 Å². The summed E-state index contributed by atoms with van der Waals surface area (Å²) < 4.78 is 27.8. The van der Waals surface area contributed by atoms with Crippen molar-refractivity contribution in [2.24, 2.45) is 0 Å². The van der Waals surface area contributed by atoms with Gasteiger partial charge in [-0.3, -0.25) is 15.1 Å². The van der Waals surface area contributed by atoms with E-state index in [0.717, 1.165) is 24.2 Å². The Morgan fingerprint density at radius 3 is 2.60 bits per heavy atom. The fourth-order valence-corrected chi connectivity index (χ4v) is 4.58. The second kappa shape index (κ2) is 12.6. The molecule has 4 aromatic rings. The molecule has 5 rings (SSSR count). The van der Waals surface area contributed by atoms with Crippen molar-refractivity contribution in [2.45, 2.75) is 52.1 Å². The molecular weight excluding hydrogens is 551 g/mol. The van der Waals surface area contributed by atoms with Crippen molar-refractivity contribution >= 4 is 23.4 Å². The van der Waals surface area contributed by atoms with E-state index in [1.807, 2.05) is 27.7 Å². The smallest absolute Gasteiger partial charge is 0.324 e. The zero-order valence-electron chi connectivity index (χ0n) is 24.6. The summed E-state index contributed by atoms with van der Waals surface area (Å²) in [6.45, 7) is 9.00. The normalized spacial score (nSPS) is 14.8. The van der Waals surface area contributed by atoms with Crippen molar-refractivity contribution in [1.29, 1.82) is 0 Å². The number of aromatic nitrogens is 3. The molecule has 0 aliphatic carbocycles. The summed E-state index contributed by atoms with van der Waals surface area (Å²) in [7, 11) is 0. The number of nitrogens with zero attached hydrogens (tertiary/aromatic N) is 3. The van der Waals surface area contributed by atoms with Gasteiger partial charge in [-0.1, -0.05) is 26.8 Å². The number of nitrogens with one attached hydrogen (secondary N) is 3. The number of halogens is 1. The van der Waals surface area contributed by atoms with Crippen LogP contribution in [0.2, 0.25) is 0 Å². The van der Waals surface area contributed by atoms with E-state index in [4.69, 9.17) is 14.6 Å². The number of carbonyl (C=O) groups is 2. The average molecular weight is 587 g/mol. The van der Waals surface area contributed by atoms with Gasteiger partial charge in [0.25, 0.3) is 5.91 Å². The van der Waals surface area contributed by atoms with Crippen LogP contribution in [0.5, 0.6) is 11.5 Å². The van der Waals surface area contributed by atoms with E-state index in [2.05, 4.69) is 20.9 Å². The van der Waals surface area contributed by atoms with Gasteiger partial charge in [0.2, 0.25) is 0 Å². The Morgan fingerprint density at radius 1 is 1.07 bits per heavy atom. The van der Waals surface area contributed by atoms with Gasteiger partial charge in [0.1, 0.15) is 23.1 Å². The maximum Gasteiger partial charge on any atom is 0.324 e. The van der Waals surface area contributed by atoms with Crippen LogP contribution in [0.1, 0.15) is 55.4 Å². The fourth-order valence-electron chi connectivity index (χ4n) is 4.58. The number of urea groups is 1. The summed E-state index contributed by atoms with van der Waals surface area (Å²) in [5.41, 5.74) is 2.16. The molecule has 2 aromatic heterocycles. The zero-order chi connectivity index (χ0) is 30.6. The van der Waals surface area contributed by atoms with Crippen molar-refractivity contribution in [3.63, 3.8) is 0 Å². The molecule has 1 fully saturated rings. The van der Waals surface area contributed by atoms with Gasteiger partial charge >= 0.3 is 6.03 Å². The molecule has 3 N–H and O–H groups in total. The standard InChI is InChI=1S/C32H35FN6O4/c1-20-15-24(12-13-34-20)43-23-10-11-27(26(33)17-23)36-31(41)37-29-18-28(32(2,3)4)38-39(29)22-8-5-7-21(16-22)30(40)35-19-25-9-6-14-42-25/h5,7-8,10-13,15-18,25H,6,9,14,19H2,1-4H3,(H,35,40)(H2,36,37,41). The zero-order valence-corrected chi connectivity index (χ0v) is 24.6.